The molecular formula is C37H47N3. The van der Waals surface area contributed by atoms with Crippen LogP contribution in [0.15, 0.2) is 97.1 Å². The highest BCUT2D eigenvalue weighted by Crippen LogP contribution is 2.43. The van der Waals surface area contributed by atoms with Crippen molar-refractivity contribution in [1.29, 1.82) is 0 Å². The standard InChI is InChI=1S/C37H47N3/c1-26(2)39(27(3)4)36-24-32(30-16-12-10-13-17-30)20-22-34(36)38(9)35-23-21-33(31-18-14-11-15-19-31)25-37(35)40(28(5)6)29(7)8/h10-29H,1-9H3. The zero-order valence-corrected chi connectivity index (χ0v) is 25.9. The second-order valence-electron chi connectivity index (χ2n) is 11.9. The van der Waals surface area contributed by atoms with Crippen LogP contribution < -0.4 is 14.7 Å². The van der Waals surface area contributed by atoms with Crippen LogP contribution in [0.3, 0.4) is 0 Å². The van der Waals surface area contributed by atoms with Crippen LogP contribution in [0.2, 0.25) is 0 Å². The molecule has 0 aromatic heterocycles. The lowest BCUT2D eigenvalue weighted by molar-refractivity contribution is 0.606. The van der Waals surface area contributed by atoms with Gasteiger partial charge in [0.25, 0.3) is 0 Å². The van der Waals surface area contributed by atoms with Gasteiger partial charge in [-0.2, -0.15) is 0 Å². The number of hydrogen-bond acceptors (Lipinski definition) is 3. The van der Waals surface area contributed by atoms with E-state index in [1.807, 2.05) is 0 Å². The van der Waals surface area contributed by atoms with Gasteiger partial charge in [-0.05, 0) is 102 Å². The molecule has 0 fully saturated rings. The van der Waals surface area contributed by atoms with E-state index in [0.717, 1.165) is 0 Å². The van der Waals surface area contributed by atoms with E-state index in [9.17, 15) is 0 Å². The Kier molecular flexibility index (Phi) is 9.25. The number of rotatable bonds is 10. The molecule has 0 N–H and O–H groups in total. The largest absolute Gasteiger partial charge is 0.365 e. The van der Waals surface area contributed by atoms with Crippen molar-refractivity contribution in [2.45, 2.75) is 79.6 Å². The van der Waals surface area contributed by atoms with Crippen LogP contribution in [0.5, 0.6) is 0 Å². The first-order valence-corrected chi connectivity index (χ1v) is 14.8. The van der Waals surface area contributed by atoms with Gasteiger partial charge in [-0.15, -0.1) is 0 Å². The summed E-state index contributed by atoms with van der Waals surface area (Å²) >= 11 is 0. The van der Waals surface area contributed by atoms with E-state index in [0.29, 0.717) is 24.2 Å². The predicted octanol–water partition coefficient (Wildman–Crippen LogP) is 10.0. The Morgan fingerprint density at radius 2 is 0.700 bits per heavy atom. The molecule has 0 aliphatic carbocycles. The molecule has 0 aliphatic heterocycles. The molecule has 3 heteroatoms. The van der Waals surface area contributed by atoms with Crippen molar-refractivity contribution in [1.82, 2.24) is 0 Å². The molecule has 40 heavy (non-hydrogen) atoms. The van der Waals surface area contributed by atoms with Crippen LogP contribution >= 0.6 is 0 Å². The minimum absolute atomic E-state index is 0.362. The molecule has 0 bridgehead atoms. The summed E-state index contributed by atoms with van der Waals surface area (Å²) in [4.78, 5) is 7.47. The van der Waals surface area contributed by atoms with Crippen LogP contribution in [0.4, 0.5) is 22.7 Å². The van der Waals surface area contributed by atoms with Crippen LogP contribution in [-0.2, 0) is 0 Å². The summed E-state index contributed by atoms with van der Waals surface area (Å²) < 4.78 is 0. The average Bonchev–Trinajstić information content (AvgIpc) is 2.93. The fourth-order valence-corrected chi connectivity index (χ4v) is 6.08. The van der Waals surface area contributed by atoms with E-state index >= 15 is 0 Å². The van der Waals surface area contributed by atoms with Gasteiger partial charge in [0.2, 0.25) is 0 Å². The Labute approximate surface area is 243 Å². The second-order valence-corrected chi connectivity index (χ2v) is 11.9. The Morgan fingerprint density at radius 1 is 0.375 bits per heavy atom. The van der Waals surface area contributed by atoms with Gasteiger partial charge in [0.1, 0.15) is 0 Å². The first kappa shape index (κ1) is 29.3. The van der Waals surface area contributed by atoms with Gasteiger partial charge >= 0.3 is 0 Å². The molecule has 210 valence electrons. The van der Waals surface area contributed by atoms with E-state index < -0.39 is 0 Å². The average molecular weight is 534 g/mol. The minimum atomic E-state index is 0.362. The molecule has 0 saturated heterocycles. The summed E-state index contributed by atoms with van der Waals surface area (Å²) in [5.41, 5.74) is 9.90. The Hall–Kier alpha value is -3.72. The molecule has 4 aromatic carbocycles. The van der Waals surface area contributed by atoms with E-state index in [2.05, 4.69) is 174 Å². The van der Waals surface area contributed by atoms with Crippen molar-refractivity contribution in [2.24, 2.45) is 0 Å². The Balaban J connectivity index is 1.92. The van der Waals surface area contributed by atoms with Crippen LogP contribution in [0.25, 0.3) is 22.3 Å². The van der Waals surface area contributed by atoms with E-state index in [4.69, 9.17) is 0 Å². The van der Waals surface area contributed by atoms with Crippen molar-refractivity contribution >= 4 is 22.7 Å². The van der Waals surface area contributed by atoms with Crippen molar-refractivity contribution < 1.29 is 0 Å². The first-order chi connectivity index (χ1) is 19.1. The normalized spacial score (nSPS) is 11.5. The van der Waals surface area contributed by atoms with Crippen molar-refractivity contribution in [3.05, 3.63) is 97.1 Å². The molecular weight excluding hydrogens is 486 g/mol. The Morgan fingerprint density at radius 3 is 1.00 bits per heavy atom. The molecule has 4 aromatic rings. The van der Waals surface area contributed by atoms with Gasteiger partial charge < -0.3 is 14.7 Å². The summed E-state index contributed by atoms with van der Waals surface area (Å²) in [7, 11) is 2.22. The van der Waals surface area contributed by atoms with Crippen molar-refractivity contribution in [3.8, 4) is 22.3 Å². The van der Waals surface area contributed by atoms with Gasteiger partial charge in [0.15, 0.2) is 0 Å². The van der Waals surface area contributed by atoms with Crippen LogP contribution in [0, 0.1) is 0 Å². The topological polar surface area (TPSA) is 9.72 Å². The van der Waals surface area contributed by atoms with E-state index in [1.165, 1.54) is 45.0 Å². The summed E-state index contributed by atoms with van der Waals surface area (Å²) in [6.45, 7) is 18.3. The molecule has 0 heterocycles. The number of benzene rings is 4. The summed E-state index contributed by atoms with van der Waals surface area (Å²) in [6.07, 6.45) is 0. The first-order valence-electron chi connectivity index (χ1n) is 14.8. The van der Waals surface area contributed by atoms with Crippen LogP contribution in [0.1, 0.15) is 55.4 Å². The molecule has 4 rings (SSSR count). The lowest BCUT2D eigenvalue weighted by Crippen LogP contribution is -2.39. The molecule has 3 nitrogen and oxygen atoms in total. The summed E-state index contributed by atoms with van der Waals surface area (Å²) in [6, 6.07) is 36.8. The lowest BCUT2D eigenvalue weighted by Gasteiger charge is -2.39. The third-order valence-electron chi connectivity index (χ3n) is 7.67. The molecule has 0 unspecified atom stereocenters. The van der Waals surface area contributed by atoms with Gasteiger partial charge in [0.05, 0.1) is 22.7 Å². The minimum Gasteiger partial charge on any atom is -0.365 e. The maximum atomic E-state index is 2.54. The zero-order chi connectivity index (χ0) is 29.0. The lowest BCUT2D eigenvalue weighted by atomic mass is 10.0. The summed E-state index contributed by atoms with van der Waals surface area (Å²) in [5, 5.41) is 0. The maximum absolute atomic E-state index is 2.54. The van der Waals surface area contributed by atoms with Gasteiger partial charge in [-0.25, -0.2) is 0 Å². The number of hydrogen-bond donors (Lipinski definition) is 0. The maximum Gasteiger partial charge on any atom is 0.0647 e. The Bertz CT molecular complexity index is 1250. The highest BCUT2D eigenvalue weighted by atomic mass is 15.2. The fourth-order valence-electron chi connectivity index (χ4n) is 6.08. The van der Waals surface area contributed by atoms with Crippen molar-refractivity contribution in [3.63, 3.8) is 0 Å². The third-order valence-corrected chi connectivity index (χ3v) is 7.67. The highest BCUT2D eigenvalue weighted by molar-refractivity contribution is 5.88. The van der Waals surface area contributed by atoms with Gasteiger partial charge in [-0.1, -0.05) is 72.8 Å². The SMILES string of the molecule is CC(C)N(c1cc(-c2ccccc2)ccc1N(C)c1ccc(-c2ccccc2)cc1N(C(C)C)C(C)C)C(C)C. The zero-order valence-electron chi connectivity index (χ0n) is 25.9. The monoisotopic (exact) mass is 533 g/mol. The summed E-state index contributed by atoms with van der Waals surface area (Å²) in [5.74, 6) is 0. The smallest absolute Gasteiger partial charge is 0.0647 e. The highest BCUT2D eigenvalue weighted by Gasteiger charge is 2.25. The van der Waals surface area contributed by atoms with E-state index in [-0.39, 0.29) is 0 Å². The van der Waals surface area contributed by atoms with Crippen LogP contribution in [-0.4, -0.2) is 31.2 Å². The molecule has 0 radical (unpaired) electrons. The van der Waals surface area contributed by atoms with Crippen molar-refractivity contribution in [2.75, 3.05) is 21.7 Å². The molecule has 0 spiro atoms. The molecule has 0 aliphatic rings. The van der Waals surface area contributed by atoms with Gasteiger partial charge in [0, 0.05) is 31.2 Å². The third kappa shape index (κ3) is 6.20. The molecule has 0 amide bonds. The predicted molar refractivity (Wildman–Crippen MR) is 177 cm³/mol. The number of anilines is 4. The number of nitrogens with zero attached hydrogens (tertiary/aromatic N) is 3. The molecule has 0 atom stereocenters. The second kappa shape index (κ2) is 12.6. The quantitative estimate of drug-likeness (QED) is 0.201. The molecule has 0 saturated carbocycles. The van der Waals surface area contributed by atoms with Gasteiger partial charge in [-0.3, -0.25) is 0 Å². The van der Waals surface area contributed by atoms with E-state index in [1.54, 1.807) is 0 Å². The fraction of sp³-hybridized carbons (Fsp3) is 0.351.